The second-order valence-electron chi connectivity index (χ2n) is 7.67. The van der Waals surface area contributed by atoms with Crippen molar-refractivity contribution in [3.05, 3.63) is 22.8 Å². The van der Waals surface area contributed by atoms with E-state index in [0.29, 0.717) is 10.6 Å². The van der Waals surface area contributed by atoms with Gasteiger partial charge in [-0.15, -0.1) is 0 Å². The molecular formula is C16H24ClN3O. The molecule has 0 bridgehead atoms. The fourth-order valence-corrected chi connectivity index (χ4v) is 3.96. The molecule has 0 aliphatic heterocycles. The molecule has 3 N–H and O–H groups in total. The highest BCUT2D eigenvalue weighted by atomic mass is 35.5. The third-order valence-electron chi connectivity index (χ3n) is 4.02. The van der Waals surface area contributed by atoms with Gasteiger partial charge in [-0.25, -0.2) is 4.98 Å². The second-order valence-corrected chi connectivity index (χ2v) is 8.08. The van der Waals surface area contributed by atoms with E-state index in [2.05, 4.69) is 38.0 Å². The van der Waals surface area contributed by atoms with E-state index in [0.717, 1.165) is 12.8 Å². The fraction of sp³-hybridized carbons (Fsp3) is 0.625. The molecule has 1 aliphatic rings. The summed E-state index contributed by atoms with van der Waals surface area (Å²) in [6, 6.07) is 1.74. The van der Waals surface area contributed by atoms with Crippen molar-refractivity contribution in [2.24, 2.45) is 10.8 Å². The maximum atomic E-state index is 12.3. The number of hydrogen-bond donors (Lipinski definition) is 2. The molecule has 1 aromatic rings. The molecule has 0 aromatic carbocycles. The molecule has 1 amide bonds. The molecule has 5 heteroatoms. The molecule has 21 heavy (non-hydrogen) atoms. The Labute approximate surface area is 131 Å². The molecule has 0 saturated heterocycles. The number of nitrogens with zero attached hydrogens (tertiary/aromatic N) is 1. The molecule has 0 radical (unpaired) electrons. The minimum atomic E-state index is -0.136. The Morgan fingerprint density at radius 2 is 1.90 bits per heavy atom. The van der Waals surface area contributed by atoms with Gasteiger partial charge in [-0.3, -0.25) is 4.79 Å². The van der Waals surface area contributed by atoms with E-state index in [1.54, 1.807) is 6.07 Å². The molecular weight excluding hydrogens is 286 g/mol. The van der Waals surface area contributed by atoms with Gasteiger partial charge in [0, 0.05) is 12.2 Å². The molecule has 0 spiro atoms. The van der Waals surface area contributed by atoms with Gasteiger partial charge in [0.1, 0.15) is 5.82 Å². The lowest BCUT2D eigenvalue weighted by atomic mass is 9.63. The molecule has 1 heterocycles. The summed E-state index contributed by atoms with van der Waals surface area (Å²) < 4.78 is 0. The minimum Gasteiger partial charge on any atom is -0.382 e. The normalized spacial score (nSPS) is 21.0. The van der Waals surface area contributed by atoms with Crippen molar-refractivity contribution in [2.45, 2.75) is 53.0 Å². The summed E-state index contributed by atoms with van der Waals surface area (Å²) in [5.74, 6) is 0.107. The highest BCUT2D eigenvalue weighted by Crippen LogP contribution is 2.45. The first kappa shape index (κ1) is 16.1. The molecule has 0 unspecified atom stereocenters. The van der Waals surface area contributed by atoms with E-state index in [4.69, 9.17) is 17.3 Å². The van der Waals surface area contributed by atoms with Gasteiger partial charge in [-0.05, 0) is 36.2 Å². The first-order valence-electron chi connectivity index (χ1n) is 7.30. The highest BCUT2D eigenvalue weighted by Gasteiger charge is 2.38. The molecule has 1 fully saturated rings. The van der Waals surface area contributed by atoms with Crippen LogP contribution in [0, 0.1) is 10.8 Å². The van der Waals surface area contributed by atoms with Crippen LogP contribution in [0.5, 0.6) is 0 Å². The topological polar surface area (TPSA) is 68.0 Å². The number of hydrogen-bond acceptors (Lipinski definition) is 3. The Morgan fingerprint density at radius 1 is 1.33 bits per heavy atom. The lowest BCUT2D eigenvalue weighted by Crippen LogP contribution is -2.46. The van der Waals surface area contributed by atoms with Gasteiger partial charge < -0.3 is 11.1 Å². The molecule has 1 aromatic heterocycles. The summed E-state index contributed by atoms with van der Waals surface area (Å²) in [6.45, 7) is 9.03. The molecule has 4 nitrogen and oxygen atoms in total. The first-order valence-corrected chi connectivity index (χ1v) is 7.68. The van der Waals surface area contributed by atoms with Crippen molar-refractivity contribution in [1.82, 2.24) is 10.3 Å². The van der Waals surface area contributed by atoms with Gasteiger partial charge in [0.25, 0.3) is 5.91 Å². The van der Waals surface area contributed by atoms with Crippen LogP contribution in [-0.2, 0) is 0 Å². The third kappa shape index (κ3) is 4.10. The SMILES string of the molecule is CC1(C)CC(NC(=O)c2cnc(N)c(Cl)c2)CC(C)(C)C1. The van der Waals surface area contributed by atoms with Crippen molar-refractivity contribution >= 4 is 23.3 Å². The van der Waals surface area contributed by atoms with Gasteiger partial charge in [0.2, 0.25) is 0 Å². The van der Waals surface area contributed by atoms with Crippen LogP contribution in [-0.4, -0.2) is 16.9 Å². The Balaban J connectivity index is 2.10. The van der Waals surface area contributed by atoms with Gasteiger partial charge >= 0.3 is 0 Å². The largest absolute Gasteiger partial charge is 0.382 e. The number of nitrogens with one attached hydrogen (secondary N) is 1. The van der Waals surface area contributed by atoms with Crippen LogP contribution in [0.1, 0.15) is 57.3 Å². The zero-order valence-corrected chi connectivity index (χ0v) is 13.9. The Morgan fingerprint density at radius 3 is 2.43 bits per heavy atom. The van der Waals surface area contributed by atoms with Crippen LogP contribution in [0.15, 0.2) is 12.3 Å². The molecule has 1 aliphatic carbocycles. The minimum absolute atomic E-state index is 0.136. The molecule has 0 atom stereocenters. The van der Waals surface area contributed by atoms with Crippen molar-refractivity contribution in [2.75, 3.05) is 5.73 Å². The smallest absolute Gasteiger partial charge is 0.253 e. The number of carbonyl (C=O) groups excluding carboxylic acids is 1. The lowest BCUT2D eigenvalue weighted by Gasteiger charge is -2.45. The van der Waals surface area contributed by atoms with Crippen molar-refractivity contribution < 1.29 is 4.79 Å². The maximum absolute atomic E-state index is 12.3. The first-order chi connectivity index (χ1) is 9.58. The average molecular weight is 310 g/mol. The van der Waals surface area contributed by atoms with E-state index >= 15 is 0 Å². The second kappa shape index (κ2) is 5.48. The maximum Gasteiger partial charge on any atom is 0.253 e. The summed E-state index contributed by atoms with van der Waals surface area (Å²) in [6.07, 6.45) is 4.61. The van der Waals surface area contributed by atoms with Crippen LogP contribution >= 0.6 is 11.6 Å². The Hall–Kier alpha value is -1.29. The summed E-state index contributed by atoms with van der Waals surface area (Å²) in [5, 5.41) is 3.43. The summed E-state index contributed by atoms with van der Waals surface area (Å²) in [4.78, 5) is 16.3. The highest BCUT2D eigenvalue weighted by molar-refractivity contribution is 6.33. The number of nitrogens with two attached hydrogens (primary N) is 1. The zero-order chi connectivity index (χ0) is 15.8. The Bertz CT molecular complexity index is 538. The number of anilines is 1. The van der Waals surface area contributed by atoms with Gasteiger partial charge in [0.15, 0.2) is 0 Å². The number of aromatic nitrogens is 1. The predicted octanol–water partition coefficient (Wildman–Crippen LogP) is 3.65. The van der Waals surface area contributed by atoms with Crippen LogP contribution in [0.2, 0.25) is 5.02 Å². The monoisotopic (exact) mass is 309 g/mol. The van der Waals surface area contributed by atoms with E-state index in [-0.39, 0.29) is 28.6 Å². The van der Waals surface area contributed by atoms with Gasteiger partial charge in [0.05, 0.1) is 10.6 Å². The Kier molecular flexibility index (Phi) is 4.20. The number of nitrogen functional groups attached to an aromatic ring is 1. The molecule has 2 rings (SSSR count). The van der Waals surface area contributed by atoms with Crippen molar-refractivity contribution in [1.29, 1.82) is 0 Å². The molecule has 116 valence electrons. The average Bonchev–Trinajstić information content (AvgIpc) is 2.28. The summed E-state index contributed by atoms with van der Waals surface area (Å²) in [5.41, 5.74) is 6.49. The fourth-order valence-electron chi connectivity index (χ4n) is 3.79. The number of amides is 1. The van der Waals surface area contributed by atoms with Crippen LogP contribution < -0.4 is 11.1 Å². The van der Waals surface area contributed by atoms with Gasteiger partial charge in [-0.2, -0.15) is 0 Å². The summed E-state index contributed by atoms with van der Waals surface area (Å²) >= 11 is 5.92. The van der Waals surface area contributed by atoms with E-state index in [1.165, 1.54) is 12.6 Å². The number of rotatable bonds is 2. The van der Waals surface area contributed by atoms with E-state index in [1.807, 2.05) is 0 Å². The standard InChI is InChI=1S/C16H24ClN3O/c1-15(2)6-11(7-16(3,4)9-15)20-14(21)10-5-12(17)13(18)19-8-10/h5,8,11H,6-7,9H2,1-4H3,(H2,18,19)(H,20,21). The molecule has 1 saturated carbocycles. The number of halogens is 1. The van der Waals surface area contributed by atoms with E-state index < -0.39 is 0 Å². The van der Waals surface area contributed by atoms with E-state index in [9.17, 15) is 4.79 Å². The van der Waals surface area contributed by atoms with Crippen molar-refractivity contribution in [3.8, 4) is 0 Å². The summed E-state index contributed by atoms with van der Waals surface area (Å²) in [7, 11) is 0. The van der Waals surface area contributed by atoms with Crippen LogP contribution in [0.4, 0.5) is 5.82 Å². The van der Waals surface area contributed by atoms with Gasteiger partial charge in [-0.1, -0.05) is 39.3 Å². The number of pyridine rings is 1. The number of carbonyl (C=O) groups is 1. The predicted molar refractivity (Wildman–Crippen MR) is 86.3 cm³/mol. The zero-order valence-electron chi connectivity index (χ0n) is 13.2. The quantitative estimate of drug-likeness (QED) is 0.876. The third-order valence-corrected chi connectivity index (χ3v) is 4.32. The lowest BCUT2D eigenvalue weighted by molar-refractivity contribution is 0.0713. The van der Waals surface area contributed by atoms with Crippen LogP contribution in [0.25, 0.3) is 0 Å². The van der Waals surface area contributed by atoms with Crippen molar-refractivity contribution in [3.63, 3.8) is 0 Å². The van der Waals surface area contributed by atoms with Crippen LogP contribution in [0.3, 0.4) is 0 Å².